The van der Waals surface area contributed by atoms with Gasteiger partial charge in [0.2, 0.25) is 0 Å². The molecule has 1 aromatic heterocycles. The van der Waals surface area contributed by atoms with E-state index in [-0.39, 0.29) is 0 Å². The molecule has 1 N–H and O–H groups in total. The maximum absolute atomic E-state index is 9.46. The normalized spacial score (nSPS) is 14.2. The molecule has 0 radical (unpaired) electrons. The first kappa shape index (κ1) is 11.2. The number of hydrogen-bond acceptors (Lipinski definition) is 3. The van der Waals surface area contributed by atoms with Gasteiger partial charge in [0, 0.05) is 18.0 Å². The number of aliphatic hydroxyl groups excluding tert-OH is 1. The Morgan fingerprint density at radius 3 is 3.00 bits per heavy atom. The van der Waals surface area contributed by atoms with Crippen molar-refractivity contribution in [1.82, 2.24) is 4.98 Å². The number of hydrogen-bond donors (Lipinski definition) is 1. The van der Waals surface area contributed by atoms with Gasteiger partial charge < -0.3 is 5.11 Å². The Balaban J connectivity index is 2.34. The Labute approximate surface area is 89.0 Å². The molecular weight excluding hydrogens is 194 g/mol. The van der Waals surface area contributed by atoms with E-state index < -0.39 is 6.10 Å². The third-order valence-electron chi connectivity index (χ3n) is 1.94. The van der Waals surface area contributed by atoms with Crippen LogP contribution in [0.1, 0.15) is 25.3 Å². The molecule has 0 saturated heterocycles. The molecule has 76 valence electrons. The minimum Gasteiger partial charge on any atom is -0.380 e. The Morgan fingerprint density at radius 2 is 2.43 bits per heavy atom. The zero-order valence-electron chi connectivity index (χ0n) is 8.53. The van der Waals surface area contributed by atoms with Crippen molar-refractivity contribution in [2.75, 3.05) is 0 Å². The molecule has 1 aromatic rings. The summed E-state index contributed by atoms with van der Waals surface area (Å²) in [5, 5.41) is 12.6. The lowest BCUT2D eigenvalue weighted by atomic mass is 10.0. The number of aliphatic hydroxyl groups is 1. The van der Waals surface area contributed by atoms with Crippen LogP contribution < -0.4 is 0 Å². The van der Waals surface area contributed by atoms with Crippen LogP contribution in [-0.2, 0) is 6.42 Å². The molecule has 3 heteroatoms. The minimum absolute atomic E-state index is 0.428. The van der Waals surface area contributed by atoms with Crippen LogP contribution in [0, 0.1) is 17.8 Å². The van der Waals surface area contributed by atoms with Gasteiger partial charge in [-0.3, -0.25) is 0 Å². The topological polar surface area (TPSA) is 33.1 Å². The molecule has 1 rings (SSSR count). The Hall–Kier alpha value is -0.850. The standard InChI is InChI=1S/C11H15NOS/c1-3-4-10(13)7-9(2)8-11-12-5-6-14-11/h5-6,9-10,13H,7-8H2,1-2H3. The fourth-order valence-corrected chi connectivity index (χ4v) is 2.12. The average molecular weight is 209 g/mol. The van der Waals surface area contributed by atoms with Gasteiger partial charge in [-0.2, -0.15) is 0 Å². The number of rotatable bonds is 4. The van der Waals surface area contributed by atoms with Crippen molar-refractivity contribution in [2.45, 2.75) is 32.8 Å². The first-order valence-electron chi connectivity index (χ1n) is 4.71. The van der Waals surface area contributed by atoms with Crippen molar-refractivity contribution in [3.8, 4) is 11.8 Å². The smallest absolute Gasteiger partial charge is 0.115 e. The fraction of sp³-hybridized carbons (Fsp3) is 0.545. The lowest BCUT2D eigenvalue weighted by Gasteiger charge is -2.10. The quantitative estimate of drug-likeness (QED) is 0.770. The van der Waals surface area contributed by atoms with Gasteiger partial charge in [-0.25, -0.2) is 4.98 Å². The molecule has 0 aliphatic carbocycles. The van der Waals surface area contributed by atoms with E-state index in [1.54, 1.807) is 18.3 Å². The van der Waals surface area contributed by atoms with Gasteiger partial charge in [0.1, 0.15) is 6.10 Å². The highest BCUT2D eigenvalue weighted by molar-refractivity contribution is 7.09. The first-order valence-corrected chi connectivity index (χ1v) is 5.59. The highest BCUT2D eigenvalue weighted by atomic mass is 32.1. The summed E-state index contributed by atoms with van der Waals surface area (Å²) in [6.45, 7) is 3.86. The molecule has 2 unspecified atom stereocenters. The molecule has 0 spiro atoms. The predicted molar refractivity (Wildman–Crippen MR) is 59.1 cm³/mol. The number of thiazole rings is 1. The summed E-state index contributed by atoms with van der Waals surface area (Å²) in [7, 11) is 0. The van der Waals surface area contributed by atoms with E-state index in [1.807, 2.05) is 11.6 Å². The summed E-state index contributed by atoms with van der Waals surface area (Å²) in [5.74, 6) is 5.89. The summed E-state index contributed by atoms with van der Waals surface area (Å²) in [4.78, 5) is 4.21. The maximum Gasteiger partial charge on any atom is 0.115 e. The lowest BCUT2D eigenvalue weighted by Crippen LogP contribution is -2.11. The second-order valence-corrected chi connectivity index (χ2v) is 4.36. The Morgan fingerprint density at radius 1 is 1.64 bits per heavy atom. The van der Waals surface area contributed by atoms with E-state index in [0.717, 1.165) is 17.8 Å². The number of nitrogens with zero attached hydrogens (tertiary/aromatic N) is 1. The van der Waals surface area contributed by atoms with E-state index in [1.165, 1.54) is 0 Å². The van der Waals surface area contributed by atoms with Crippen molar-refractivity contribution in [1.29, 1.82) is 0 Å². The van der Waals surface area contributed by atoms with E-state index in [4.69, 9.17) is 0 Å². The second kappa shape index (κ2) is 5.79. The van der Waals surface area contributed by atoms with Gasteiger partial charge in [-0.05, 0) is 19.3 Å². The molecule has 0 aromatic carbocycles. The summed E-state index contributed by atoms with van der Waals surface area (Å²) in [6, 6.07) is 0. The van der Waals surface area contributed by atoms with E-state index >= 15 is 0 Å². The van der Waals surface area contributed by atoms with Crippen LogP contribution in [0.4, 0.5) is 0 Å². The van der Waals surface area contributed by atoms with Crippen LogP contribution in [0.2, 0.25) is 0 Å². The molecule has 0 aliphatic heterocycles. The van der Waals surface area contributed by atoms with Crippen LogP contribution in [0.3, 0.4) is 0 Å². The van der Waals surface area contributed by atoms with E-state index in [0.29, 0.717) is 5.92 Å². The average Bonchev–Trinajstić information content (AvgIpc) is 2.56. The van der Waals surface area contributed by atoms with Gasteiger partial charge in [0.25, 0.3) is 0 Å². The van der Waals surface area contributed by atoms with Gasteiger partial charge in [-0.15, -0.1) is 17.3 Å². The fourth-order valence-electron chi connectivity index (χ4n) is 1.34. The van der Waals surface area contributed by atoms with Crippen LogP contribution in [-0.4, -0.2) is 16.2 Å². The van der Waals surface area contributed by atoms with E-state index in [2.05, 4.69) is 23.7 Å². The minimum atomic E-state index is -0.491. The summed E-state index contributed by atoms with van der Waals surface area (Å²) < 4.78 is 0. The molecule has 0 amide bonds. The van der Waals surface area contributed by atoms with Gasteiger partial charge in [0.15, 0.2) is 0 Å². The van der Waals surface area contributed by atoms with Gasteiger partial charge in [-0.1, -0.05) is 12.8 Å². The van der Waals surface area contributed by atoms with Crippen LogP contribution in [0.25, 0.3) is 0 Å². The third kappa shape index (κ3) is 3.91. The first-order chi connectivity index (χ1) is 6.72. The SMILES string of the molecule is CC#CC(O)CC(C)Cc1nccs1. The van der Waals surface area contributed by atoms with Crippen LogP contribution >= 0.6 is 11.3 Å². The van der Waals surface area contributed by atoms with Crippen LogP contribution in [0.15, 0.2) is 11.6 Å². The van der Waals surface area contributed by atoms with Crippen LogP contribution in [0.5, 0.6) is 0 Å². The summed E-state index contributed by atoms with van der Waals surface area (Å²) in [5.41, 5.74) is 0. The molecule has 0 bridgehead atoms. The van der Waals surface area contributed by atoms with Crippen molar-refractivity contribution in [3.63, 3.8) is 0 Å². The van der Waals surface area contributed by atoms with Gasteiger partial charge in [0.05, 0.1) is 5.01 Å². The highest BCUT2D eigenvalue weighted by Gasteiger charge is 2.09. The molecule has 14 heavy (non-hydrogen) atoms. The van der Waals surface area contributed by atoms with Gasteiger partial charge >= 0.3 is 0 Å². The largest absolute Gasteiger partial charge is 0.380 e. The monoisotopic (exact) mass is 209 g/mol. The summed E-state index contributed by atoms with van der Waals surface area (Å²) in [6.07, 6.45) is 2.98. The predicted octanol–water partition coefficient (Wildman–Crippen LogP) is 2.10. The lowest BCUT2D eigenvalue weighted by molar-refractivity contribution is 0.199. The molecule has 2 atom stereocenters. The Bertz CT molecular complexity index is 310. The Kier molecular flexibility index (Phi) is 4.64. The molecule has 1 heterocycles. The number of aromatic nitrogens is 1. The van der Waals surface area contributed by atoms with Crippen molar-refractivity contribution in [3.05, 3.63) is 16.6 Å². The highest BCUT2D eigenvalue weighted by Crippen LogP contribution is 2.15. The zero-order chi connectivity index (χ0) is 10.4. The van der Waals surface area contributed by atoms with Crippen molar-refractivity contribution >= 4 is 11.3 Å². The van der Waals surface area contributed by atoms with Crippen molar-refractivity contribution in [2.24, 2.45) is 5.92 Å². The third-order valence-corrected chi connectivity index (χ3v) is 2.75. The molecule has 0 saturated carbocycles. The molecule has 0 fully saturated rings. The molecule has 0 aliphatic rings. The summed E-state index contributed by atoms with van der Waals surface area (Å²) >= 11 is 1.66. The molecule has 2 nitrogen and oxygen atoms in total. The second-order valence-electron chi connectivity index (χ2n) is 3.38. The van der Waals surface area contributed by atoms with Crippen molar-refractivity contribution < 1.29 is 5.11 Å². The molecular formula is C11H15NOS. The maximum atomic E-state index is 9.46. The van der Waals surface area contributed by atoms with E-state index in [9.17, 15) is 5.11 Å². The zero-order valence-corrected chi connectivity index (χ0v) is 9.34.